The fourth-order valence-electron chi connectivity index (χ4n) is 8.02. The Hall–Kier alpha value is -1.43. The lowest BCUT2D eigenvalue weighted by Crippen LogP contribution is -2.63. The molecule has 0 saturated heterocycles. The second-order valence-corrected chi connectivity index (χ2v) is 11.0. The summed E-state index contributed by atoms with van der Waals surface area (Å²) in [6, 6.07) is 0. The van der Waals surface area contributed by atoms with Crippen molar-refractivity contribution in [1.82, 2.24) is 0 Å². The molecule has 4 aliphatic rings. The normalized spacial score (nSPS) is 47.4. The van der Waals surface area contributed by atoms with Crippen LogP contribution in [-0.4, -0.2) is 33.7 Å². The summed E-state index contributed by atoms with van der Waals surface area (Å²) in [7, 11) is 0. The predicted octanol–water partition coefficient (Wildman–Crippen LogP) is 4.70. The van der Waals surface area contributed by atoms with E-state index in [1.807, 2.05) is 6.92 Å². The number of nitrogens with zero attached hydrogens (tertiary/aromatic N) is 1. The standard InChI is InChI=1S/C23H32ClNO5/c1-13(26)23(25(28)29)20(24)12-19-17-6-5-15-11-16(30-14(2)27)7-9-21(15,3)18(17)8-10-22(19,23)4/h5,16-20H,6-12H2,1-4H3/t16-,17+,18-,19-,20?,21-,22-,23?/m0/s1. The first-order valence-electron chi connectivity index (χ1n) is 11.1. The van der Waals surface area contributed by atoms with Crippen molar-refractivity contribution in [3.05, 3.63) is 21.8 Å². The number of esters is 1. The first-order chi connectivity index (χ1) is 14.0. The van der Waals surface area contributed by atoms with Gasteiger partial charge in [0.15, 0.2) is 0 Å². The van der Waals surface area contributed by atoms with E-state index in [9.17, 15) is 19.7 Å². The topological polar surface area (TPSA) is 86.5 Å². The highest BCUT2D eigenvalue weighted by atomic mass is 35.5. The Morgan fingerprint density at radius 1 is 1.20 bits per heavy atom. The number of ether oxygens (including phenoxy) is 1. The van der Waals surface area contributed by atoms with Gasteiger partial charge in [0.05, 0.1) is 5.41 Å². The molecule has 30 heavy (non-hydrogen) atoms. The minimum Gasteiger partial charge on any atom is -0.462 e. The van der Waals surface area contributed by atoms with Crippen LogP contribution in [0.25, 0.3) is 0 Å². The highest BCUT2D eigenvalue weighted by Gasteiger charge is 2.76. The predicted molar refractivity (Wildman–Crippen MR) is 113 cm³/mol. The van der Waals surface area contributed by atoms with Gasteiger partial charge in [0, 0.05) is 25.2 Å². The Kier molecular flexibility index (Phi) is 5.12. The van der Waals surface area contributed by atoms with Crippen LogP contribution in [0.4, 0.5) is 0 Å². The summed E-state index contributed by atoms with van der Waals surface area (Å²) in [5.74, 6) is 0.146. The van der Waals surface area contributed by atoms with Gasteiger partial charge in [-0.3, -0.25) is 19.7 Å². The number of carbonyl (C=O) groups excluding carboxylic acids is 2. The van der Waals surface area contributed by atoms with Gasteiger partial charge in [0.1, 0.15) is 11.5 Å². The van der Waals surface area contributed by atoms with E-state index in [1.165, 1.54) is 19.4 Å². The summed E-state index contributed by atoms with van der Waals surface area (Å²) in [6.07, 6.45) is 7.74. The number of Topliss-reactive ketones (excluding diaryl/α,β-unsaturated/α-hetero) is 1. The van der Waals surface area contributed by atoms with E-state index in [2.05, 4.69) is 13.0 Å². The van der Waals surface area contributed by atoms with Gasteiger partial charge in [-0.1, -0.05) is 25.5 Å². The van der Waals surface area contributed by atoms with E-state index >= 15 is 0 Å². The largest absolute Gasteiger partial charge is 0.462 e. The smallest absolute Gasteiger partial charge is 0.302 e. The lowest BCUT2D eigenvalue weighted by atomic mass is 9.46. The molecule has 4 aliphatic carbocycles. The first-order valence-corrected chi connectivity index (χ1v) is 11.6. The number of alkyl halides is 1. The van der Waals surface area contributed by atoms with Crippen molar-refractivity contribution in [2.24, 2.45) is 28.6 Å². The monoisotopic (exact) mass is 437 g/mol. The van der Waals surface area contributed by atoms with Crippen molar-refractivity contribution >= 4 is 23.4 Å². The van der Waals surface area contributed by atoms with E-state index in [0.717, 1.165) is 32.1 Å². The van der Waals surface area contributed by atoms with Crippen LogP contribution < -0.4 is 0 Å². The third kappa shape index (κ3) is 2.68. The molecule has 8 atom stereocenters. The van der Waals surface area contributed by atoms with E-state index in [-0.39, 0.29) is 28.3 Å². The Balaban J connectivity index is 1.68. The first kappa shape index (κ1) is 21.8. The average molecular weight is 438 g/mol. The van der Waals surface area contributed by atoms with Crippen LogP contribution in [0.2, 0.25) is 0 Å². The van der Waals surface area contributed by atoms with Gasteiger partial charge >= 0.3 is 5.97 Å². The van der Waals surface area contributed by atoms with Crippen LogP contribution in [-0.2, 0) is 14.3 Å². The van der Waals surface area contributed by atoms with Crippen molar-refractivity contribution in [3.8, 4) is 0 Å². The summed E-state index contributed by atoms with van der Waals surface area (Å²) in [5.41, 5.74) is -1.01. The Bertz CT molecular complexity index is 810. The van der Waals surface area contributed by atoms with E-state index in [0.29, 0.717) is 24.7 Å². The molecule has 166 valence electrons. The van der Waals surface area contributed by atoms with Gasteiger partial charge in [-0.05, 0) is 61.7 Å². The number of ketones is 1. The molecule has 7 heteroatoms. The Morgan fingerprint density at radius 2 is 1.90 bits per heavy atom. The van der Waals surface area contributed by atoms with Crippen molar-refractivity contribution in [2.75, 3.05) is 0 Å². The molecule has 2 unspecified atom stereocenters. The molecule has 0 spiro atoms. The average Bonchev–Trinajstić information content (AvgIpc) is 2.89. The summed E-state index contributed by atoms with van der Waals surface area (Å²) in [4.78, 5) is 36.0. The fourth-order valence-corrected chi connectivity index (χ4v) is 8.69. The minimum absolute atomic E-state index is 0.0266. The third-order valence-electron chi connectivity index (χ3n) is 9.39. The number of allylic oxidation sites excluding steroid dienone is 1. The zero-order valence-electron chi connectivity index (χ0n) is 18.3. The van der Waals surface area contributed by atoms with Crippen LogP contribution in [0, 0.1) is 38.7 Å². The van der Waals surface area contributed by atoms with Gasteiger partial charge in [0.2, 0.25) is 5.78 Å². The number of rotatable bonds is 3. The lowest BCUT2D eigenvalue weighted by Gasteiger charge is -2.57. The second kappa shape index (κ2) is 7.04. The quantitative estimate of drug-likeness (QED) is 0.210. The van der Waals surface area contributed by atoms with Gasteiger partial charge < -0.3 is 4.74 Å². The highest BCUT2D eigenvalue weighted by molar-refractivity contribution is 6.24. The third-order valence-corrected chi connectivity index (χ3v) is 9.88. The number of hydrogen-bond acceptors (Lipinski definition) is 5. The van der Waals surface area contributed by atoms with E-state index < -0.39 is 22.1 Å². The van der Waals surface area contributed by atoms with Gasteiger partial charge in [-0.2, -0.15) is 0 Å². The summed E-state index contributed by atoms with van der Waals surface area (Å²) in [6.45, 7) is 7.06. The molecule has 0 amide bonds. The van der Waals surface area contributed by atoms with E-state index in [1.54, 1.807) is 0 Å². The molecule has 0 aliphatic heterocycles. The number of carbonyl (C=O) groups is 2. The zero-order chi connectivity index (χ0) is 22.1. The van der Waals surface area contributed by atoms with Gasteiger partial charge in [-0.15, -0.1) is 11.6 Å². The van der Waals surface area contributed by atoms with Crippen LogP contribution in [0.1, 0.15) is 72.6 Å². The maximum Gasteiger partial charge on any atom is 0.302 e. The van der Waals surface area contributed by atoms with Gasteiger partial charge in [0.25, 0.3) is 5.54 Å². The summed E-state index contributed by atoms with van der Waals surface area (Å²) < 4.78 is 5.49. The maximum absolute atomic E-state index is 12.7. The molecule has 4 rings (SSSR count). The zero-order valence-corrected chi connectivity index (χ0v) is 19.0. The summed E-state index contributed by atoms with van der Waals surface area (Å²) in [5, 5.41) is 11.5. The molecule has 0 aromatic rings. The number of hydrogen-bond donors (Lipinski definition) is 0. The molecule has 3 saturated carbocycles. The minimum atomic E-state index is -1.69. The van der Waals surface area contributed by atoms with Crippen molar-refractivity contribution in [2.45, 2.75) is 89.7 Å². The highest BCUT2D eigenvalue weighted by Crippen LogP contribution is 2.68. The number of nitro groups is 1. The Morgan fingerprint density at radius 3 is 2.50 bits per heavy atom. The maximum atomic E-state index is 12.7. The Labute approximate surface area is 182 Å². The molecule has 0 heterocycles. The molecule has 0 aromatic heterocycles. The van der Waals surface area contributed by atoms with Crippen LogP contribution in [0.5, 0.6) is 0 Å². The molecule has 0 radical (unpaired) electrons. The summed E-state index contributed by atoms with van der Waals surface area (Å²) >= 11 is 6.63. The SMILES string of the molecule is CC(=O)O[C@H]1CC[C@@]2(C)C(=CC[C@@H]3[C@@H]2CC[C@@]2(C)[C@H]3CC(Cl)C2(C(C)=O)[N+](=O)[O-])C1. The van der Waals surface area contributed by atoms with Crippen molar-refractivity contribution in [1.29, 1.82) is 0 Å². The second-order valence-electron chi connectivity index (χ2n) is 10.5. The van der Waals surface area contributed by atoms with Crippen LogP contribution in [0.3, 0.4) is 0 Å². The number of halogens is 1. The molecule has 0 N–H and O–H groups in total. The van der Waals surface area contributed by atoms with E-state index in [4.69, 9.17) is 16.3 Å². The molecule has 0 aromatic carbocycles. The van der Waals surface area contributed by atoms with Crippen molar-refractivity contribution < 1.29 is 19.2 Å². The molecular weight excluding hydrogens is 406 g/mol. The fraction of sp³-hybridized carbons (Fsp3) is 0.826. The van der Waals surface area contributed by atoms with Crippen LogP contribution in [0.15, 0.2) is 11.6 Å². The molecule has 3 fully saturated rings. The van der Waals surface area contributed by atoms with Gasteiger partial charge in [-0.25, -0.2) is 0 Å². The van der Waals surface area contributed by atoms with Crippen molar-refractivity contribution in [3.63, 3.8) is 0 Å². The lowest BCUT2D eigenvalue weighted by molar-refractivity contribution is -0.570. The number of fused-ring (bicyclic) bond motifs is 5. The molecule has 6 nitrogen and oxygen atoms in total. The molecular formula is C23H32ClNO5. The molecule has 0 bridgehead atoms. The van der Waals surface area contributed by atoms with Crippen LogP contribution >= 0.6 is 11.6 Å².